The second-order valence-corrected chi connectivity index (χ2v) is 8.56. The molecule has 0 spiro atoms. The number of hydrogen-bond donors (Lipinski definition) is 1. The van der Waals surface area contributed by atoms with Crippen LogP contribution in [0.15, 0.2) is 61.0 Å². The smallest absolute Gasteiger partial charge is 0.203 e. The highest BCUT2D eigenvalue weighted by Crippen LogP contribution is 2.24. The lowest BCUT2D eigenvalue weighted by atomic mass is 10.0. The molecular weight excluding hydrogens is 437 g/mol. The summed E-state index contributed by atoms with van der Waals surface area (Å²) in [7, 11) is 3.68. The minimum Gasteiger partial charge on any atom is -0.308 e. The van der Waals surface area contributed by atoms with E-state index in [2.05, 4.69) is 64.7 Å². The zero-order valence-electron chi connectivity index (χ0n) is 19.3. The Balaban J connectivity index is 0.00000149. The van der Waals surface area contributed by atoms with Crippen molar-refractivity contribution in [3.05, 3.63) is 71.4 Å². The molecule has 9 heteroatoms. The summed E-state index contributed by atoms with van der Waals surface area (Å²) in [6.07, 6.45) is 6.55. The molecule has 33 heavy (non-hydrogen) atoms. The van der Waals surface area contributed by atoms with Crippen LogP contribution in [0.2, 0.25) is 0 Å². The van der Waals surface area contributed by atoms with Gasteiger partial charge in [0, 0.05) is 56.1 Å². The van der Waals surface area contributed by atoms with E-state index in [-0.39, 0.29) is 12.7 Å². The Bertz CT molecular complexity index is 1260. The van der Waals surface area contributed by atoms with E-state index in [0.29, 0.717) is 13.1 Å². The molecule has 0 saturated heterocycles. The van der Waals surface area contributed by atoms with E-state index in [1.54, 1.807) is 11.7 Å². The second kappa shape index (κ2) is 11.6. The Morgan fingerprint density at radius 1 is 1.21 bits per heavy atom. The lowest BCUT2D eigenvalue weighted by Crippen LogP contribution is -2.22. The maximum Gasteiger partial charge on any atom is 0.203 e. The quantitative estimate of drug-likeness (QED) is 0.313. The second-order valence-electron chi connectivity index (χ2n) is 7.52. The highest BCUT2D eigenvalue weighted by atomic mass is 32.1. The summed E-state index contributed by atoms with van der Waals surface area (Å²) in [4.78, 5) is 9.85. The summed E-state index contributed by atoms with van der Waals surface area (Å²) < 4.78 is 16.1. The molecule has 0 aliphatic rings. The molecule has 3 aromatic heterocycles. The van der Waals surface area contributed by atoms with Gasteiger partial charge in [-0.3, -0.25) is 14.7 Å². The van der Waals surface area contributed by atoms with E-state index in [1.807, 2.05) is 30.3 Å². The van der Waals surface area contributed by atoms with Crippen LogP contribution >= 0.6 is 11.3 Å². The molecule has 4 rings (SSSR count). The molecule has 0 bridgehead atoms. The zero-order chi connectivity index (χ0) is 23.8. The molecule has 1 unspecified atom stereocenters. The normalized spacial score (nSPS) is 12.5. The van der Waals surface area contributed by atoms with E-state index in [0.717, 1.165) is 38.3 Å². The van der Waals surface area contributed by atoms with Gasteiger partial charge in [0.15, 0.2) is 0 Å². The van der Waals surface area contributed by atoms with Gasteiger partial charge in [-0.05, 0) is 37.1 Å². The highest BCUT2D eigenvalue weighted by molar-refractivity contribution is 7.08. The van der Waals surface area contributed by atoms with Crippen LogP contribution in [0.5, 0.6) is 0 Å². The number of benzene rings is 1. The van der Waals surface area contributed by atoms with Gasteiger partial charge in [0.1, 0.15) is 11.7 Å². The van der Waals surface area contributed by atoms with Gasteiger partial charge in [-0.1, -0.05) is 17.4 Å². The van der Waals surface area contributed by atoms with Crippen LogP contribution in [0.3, 0.4) is 0 Å². The van der Waals surface area contributed by atoms with Crippen LogP contribution in [0.4, 0.5) is 4.39 Å². The molecule has 1 aromatic carbocycles. The highest BCUT2D eigenvalue weighted by Gasteiger charge is 2.13. The standard InChI is InChI=1S/C22H26FN7S.C2H4/c1-15(30-22(24-2)31-21(28-30)13-25-7-6-23)8-16-4-5-20-17(9-16)10-18(11-26-20)19-12-27-29(3)14-19;1-2/h4-5,9-12,14-15,25H,6-8,13H2,1-3H3;1-2H2. The lowest BCUT2D eigenvalue weighted by molar-refractivity contribution is 0.452. The monoisotopic (exact) mass is 467 g/mol. The van der Waals surface area contributed by atoms with Crippen molar-refractivity contribution in [3.8, 4) is 11.1 Å². The Labute approximate surface area is 197 Å². The van der Waals surface area contributed by atoms with Crippen molar-refractivity contribution in [2.24, 2.45) is 12.0 Å². The van der Waals surface area contributed by atoms with E-state index in [4.69, 9.17) is 5.10 Å². The van der Waals surface area contributed by atoms with Gasteiger partial charge in [-0.15, -0.1) is 13.2 Å². The van der Waals surface area contributed by atoms with Crippen LogP contribution in [-0.2, 0) is 20.0 Å². The summed E-state index contributed by atoms with van der Waals surface area (Å²) >= 11 is 1.54. The van der Waals surface area contributed by atoms with Crippen molar-refractivity contribution in [2.75, 3.05) is 20.3 Å². The number of nitrogens with zero attached hydrogens (tertiary/aromatic N) is 6. The predicted octanol–water partition coefficient (Wildman–Crippen LogP) is 4.09. The van der Waals surface area contributed by atoms with Crippen molar-refractivity contribution in [1.82, 2.24) is 29.9 Å². The average molecular weight is 468 g/mol. The van der Waals surface area contributed by atoms with E-state index >= 15 is 0 Å². The van der Waals surface area contributed by atoms with Crippen molar-refractivity contribution >= 4 is 22.2 Å². The molecule has 1 N–H and O–H groups in total. The van der Waals surface area contributed by atoms with Gasteiger partial charge < -0.3 is 5.32 Å². The fourth-order valence-electron chi connectivity index (χ4n) is 3.57. The van der Waals surface area contributed by atoms with Gasteiger partial charge in [0.2, 0.25) is 4.80 Å². The van der Waals surface area contributed by atoms with Gasteiger partial charge in [-0.25, -0.2) is 9.07 Å². The fraction of sp³-hybridized carbons (Fsp3) is 0.333. The topological polar surface area (TPSA) is 72.9 Å². The lowest BCUT2D eigenvalue weighted by Gasteiger charge is -2.13. The molecule has 3 heterocycles. The van der Waals surface area contributed by atoms with Crippen LogP contribution < -0.4 is 10.1 Å². The van der Waals surface area contributed by atoms with Crippen molar-refractivity contribution in [2.45, 2.75) is 25.9 Å². The first-order valence-electron chi connectivity index (χ1n) is 10.7. The van der Waals surface area contributed by atoms with E-state index in [1.165, 1.54) is 16.9 Å². The van der Waals surface area contributed by atoms with Gasteiger partial charge >= 0.3 is 0 Å². The molecule has 0 amide bonds. The summed E-state index contributed by atoms with van der Waals surface area (Å²) in [5, 5.41) is 14.0. The fourth-order valence-corrected chi connectivity index (χ4v) is 4.49. The molecule has 1 atom stereocenters. The number of aromatic nitrogens is 5. The number of fused-ring (bicyclic) bond motifs is 1. The number of nitrogens with one attached hydrogen (secondary N) is 1. The average Bonchev–Trinajstić information content (AvgIpc) is 3.46. The summed E-state index contributed by atoms with van der Waals surface area (Å²) in [6, 6.07) is 8.67. The molecule has 0 aliphatic heterocycles. The van der Waals surface area contributed by atoms with Gasteiger partial charge in [0.25, 0.3) is 0 Å². The first-order chi connectivity index (χ1) is 16.1. The van der Waals surface area contributed by atoms with Gasteiger partial charge in [-0.2, -0.15) is 10.2 Å². The van der Waals surface area contributed by atoms with Gasteiger partial charge in [0.05, 0.1) is 17.8 Å². The first-order valence-corrected chi connectivity index (χ1v) is 11.5. The minimum absolute atomic E-state index is 0.136. The van der Waals surface area contributed by atoms with Crippen LogP contribution in [0, 0.1) is 0 Å². The maximum absolute atomic E-state index is 12.3. The molecular formula is C24H30FN7S. The minimum atomic E-state index is -0.383. The van der Waals surface area contributed by atoms with E-state index < -0.39 is 0 Å². The Hall–Kier alpha value is -3.17. The zero-order valence-corrected chi connectivity index (χ0v) is 20.1. The third-order valence-electron chi connectivity index (χ3n) is 5.10. The Kier molecular flexibility index (Phi) is 8.62. The van der Waals surface area contributed by atoms with Crippen LogP contribution in [-0.4, -0.2) is 44.8 Å². The van der Waals surface area contributed by atoms with Crippen LogP contribution in [0.25, 0.3) is 22.0 Å². The van der Waals surface area contributed by atoms with Crippen molar-refractivity contribution in [1.29, 1.82) is 0 Å². The molecule has 0 fully saturated rings. The Morgan fingerprint density at radius 3 is 2.73 bits per heavy atom. The molecule has 0 radical (unpaired) electrons. The summed E-state index contributed by atoms with van der Waals surface area (Å²) in [5.74, 6) is 0. The maximum atomic E-state index is 12.3. The number of aryl methyl sites for hydroxylation is 1. The van der Waals surface area contributed by atoms with Crippen LogP contribution in [0.1, 0.15) is 23.5 Å². The largest absolute Gasteiger partial charge is 0.308 e. The van der Waals surface area contributed by atoms with Crippen molar-refractivity contribution in [3.63, 3.8) is 0 Å². The predicted molar refractivity (Wildman–Crippen MR) is 133 cm³/mol. The number of hydrogen-bond acceptors (Lipinski definition) is 6. The summed E-state index contributed by atoms with van der Waals surface area (Å²) in [5.41, 5.74) is 4.29. The number of pyridine rings is 1. The Morgan fingerprint density at radius 2 is 2.03 bits per heavy atom. The SMILES string of the molecule is C=C.CN=c1sc(CNCCF)nn1C(C)Cc1ccc2ncc(-c3cnn(C)c3)cc2c1. The van der Waals surface area contributed by atoms with Crippen molar-refractivity contribution < 1.29 is 4.39 Å². The first kappa shape index (κ1) is 24.5. The molecule has 0 aliphatic carbocycles. The number of rotatable bonds is 8. The third kappa shape index (κ3) is 6.00. The number of halogens is 1. The molecule has 7 nitrogen and oxygen atoms in total. The van der Waals surface area contributed by atoms with E-state index in [9.17, 15) is 4.39 Å². The third-order valence-corrected chi connectivity index (χ3v) is 6.11. The molecule has 174 valence electrons. The number of alkyl halides is 1. The molecule has 0 saturated carbocycles. The molecule has 4 aromatic rings. The summed E-state index contributed by atoms with van der Waals surface area (Å²) in [6.45, 7) is 8.64.